The van der Waals surface area contributed by atoms with Gasteiger partial charge >= 0.3 is 0 Å². The number of carbonyl (C=O) groups is 1. The Kier molecular flexibility index (Phi) is 8.58. The number of nitrogens with two attached hydrogens (primary N) is 1. The number of hydrogen-bond acceptors (Lipinski definition) is 4. The molecule has 0 aliphatic heterocycles. The van der Waals surface area contributed by atoms with Crippen LogP contribution in [0.4, 0.5) is 5.69 Å². The number of aromatic nitrogens is 1. The molecule has 7 heteroatoms. The van der Waals surface area contributed by atoms with Gasteiger partial charge in [-0.2, -0.15) is 0 Å². The Hall–Kier alpha value is -2.08. The topological polar surface area (TPSA) is 72.4 Å². The van der Waals surface area contributed by atoms with Gasteiger partial charge in [0.1, 0.15) is 5.58 Å². The quantitative estimate of drug-likeness (QED) is 0.617. The minimum atomic E-state index is 0. The predicted octanol–water partition coefficient (Wildman–Crippen LogP) is 3.77. The molecular formula is C19H23Cl2N3O2. The number of amides is 1. The van der Waals surface area contributed by atoms with Gasteiger partial charge in [0.2, 0.25) is 6.41 Å². The zero-order valence-corrected chi connectivity index (χ0v) is 16.1. The van der Waals surface area contributed by atoms with Crippen LogP contribution < -0.4 is 10.6 Å². The molecule has 0 bridgehead atoms. The van der Waals surface area contributed by atoms with Crippen LogP contribution in [0.5, 0.6) is 0 Å². The average Bonchev–Trinajstić information content (AvgIpc) is 3.05. The van der Waals surface area contributed by atoms with E-state index in [2.05, 4.69) is 4.98 Å². The smallest absolute Gasteiger partial charge is 0.214 e. The van der Waals surface area contributed by atoms with E-state index >= 15 is 0 Å². The molecule has 26 heavy (non-hydrogen) atoms. The molecule has 3 aromatic rings. The normalized spacial score (nSPS) is 11.3. The van der Waals surface area contributed by atoms with E-state index in [4.69, 9.17) is 10.2 Å². The fourth-order valence-corrected chi connectivity index (χ4v) is 2.83. The Morgan fingerprint density at radius 3 is 2.73 bits per heavy atom. The summed E-state index contributed by atoms with van der Waals surface area (Å²) in [4.78, 5) is 17.6. The molecule has 0 aliphatic rings. The van der Waals surface area contributed by atoms with Crippen molar-refractivity contribution in [1.82, 2.24) is 4.98 Å². The number of hydrogen-bond donors (Lipinski definition) is 1. The van der Waals surface area contributed by atoms with Gasteiger partial charge < -0.3 is 15.1 Å². The largest absolute Gasteiger partial charge is 0.464 e. The molecule has 0 radical (unpaired) electrons. The molecule has 1 aromatic carbocycles. The van der Waals surface area contributed by atoms with Crippen molar-refractivity contribution in [3.05, 3.63) is 60.1 Å². The van der Waals surface area contributed by atoms with Crippen LogP contribution in [-0.2, 0) is 17.6 Å². The van der Waals surface area contributed by atoms with E-state index in [-0.39, 0.29) is 30.9 Å². The molecule has 3 rings (SSSR count). The zero-order chi connectivity index (χ0) is 16.9. The van der Waals surface area contributed by atoms with E-state index < -0.39 is 0 Å². The second-order valence-electron chi connectivity index (χ2n) is 6.00. The van der Waals surface area contributed by atoms with Crippen molar-refractivity contribution in [3.63, 3.8) is 0 Å². The highest BCUT2D eigenvalue weighted by Crippen LogP contribution is 2.28. The SMILES string of the molecule is CC(N)Cc1cc(N(C=O)CCc2ccccn2)cc2ccoc12.Cl.Cl. The van der Waals surface area contributed by atoms with Crippen molar-refractivity contribution in [3.8, 4) is 0 Å². The molecule has 0 spiro atoms. The summed E-state index contributed by atoms with van der Waals surface area (Å²) in [5, 5.41) is 0.979. The van der Waals surface area contributed by atoms with Gasteiger partial charge in [0.15, 0.2) is 0 Å². The lowest BCUT2D eigenvalue weighted by atomic mass is 10.0. The van der Waals surface area contributed by atoms with Crippen LogP contribution in [0, 0.1) is 0 Å². The van der Waals surface area contributed by atoms with E-state index in [0.717, 1.165) is 34.3 Å². The fraction of sp³-hybridized carbons (Fsp3) is 0.263. The monoisotopic (exact) mass is 395 g/mol. The number of anilines is 1. The molecule has 1 amide bonds. The highest BCUT2D eigenvalue weighted by Gasteiger charge is 2.13. The Morgan fingerprint density at radius 1 is 1.27 bits per heavy atom. The molecule has 2 N–H and O–H groups in total. The summed E-state index contributed by atoms with van der Waals surface area (Å²) in [5.41, 5.74) is 9.62. The number of rotatable bonds is 7. The summed E-state index contributed by atoms with van der Waals surface area (Å²) in [7, 11) is 0. The van der Waals surface area contributed by atoms with Crippen LogP contribution in [0.1, 0.15) is 18.2 Å². The highest BCUT2D eigenvalue weighted by molar-refractivity contribution is 5.88. The van der Waals surface area contributed by atoms with Gasteiger partial charge in [0, 0.05) is 42.0 Å². The van der Waals surface area contributed by atoms with Gasteiger partial charge in [-0.25, -0.2) is 0 Å². The lowest BCUT2D eigenvalue weighted by Gasteiger charge is -2.19. The highest BCUT2D eigenvalue weighted by atomic mass is 35.5. The molecule has 0 saturated heterocycles. The lowest BCUT2D eigenvalue weighted by molar-refractivity contribution is -0.107. The van der Waals surface area contributed by atoms with Gasteiger partial charge in [-0.1, -0.05) is 6.07 Å². The summed E-state index contributed by atoms with van der Waals surface area (Å²) >= 11 is 0. The first-order valence-corrected chi connectivity index (χ1v) is 8.05. The van der Waals surface area contributed by atoms with E-state index in [1.54, 1.807) is 17.4 Å². The van der Waals surface area contributed by atoms with Crippen molar-refractivity contribution >= 4 is 47.9 Å². The van der Waals surface area contributed by atoms with Crippen molar-refractivity contribution in [2.75, 3.05) is 11.4 Å². The van der Waals surface area contributed by atoms with E-state index in [9.17, 15) is 4.79 Å². The maximum Gasteiger partial charge on any atom is 0.214 e. The summed E-state index contributed by atoms with van der Waals surface area (Å²) in [6.45, 7) is 2.53. The minimum Gasteiger partial charge on any atom is -0.464 e. The van der Waals surface area contributed by atoms with Gasteiger partial charge in [-0.3, -0.25) is 9.78 Å². The number of benzene rings is 1. The molecule has 140 valence electrons. The molecule has 0 fully saturated rings. The van der Waals surface area contributed by atoms with Crippen molar-refractivity contribution in [1.29, 1.82) is 0 Å². The van der Waals surface area contributed by atoms with Gasteiger partial charge in [-0.15, -0.1) is 24.8 Å². The number of halogens is 2. The van der Waals surface area contributed by atoms with E-state index in [1.165, 1.54) is 0 Å². The van der Waals surface area contributed by atoms with Crippen molar-refractivity contribution < 1.29 is 9.21 Å². The van der Waals surface area contributed by atoms with Crippen LogP contribution >= 0.6 is 24.8 Å². The molecular weight excluding hydrogens is 373 g/mol. The predicted molar refractivity (Wildman–Crippen MR) is 109 cm³/mol. The van der Waals surface area contributed by atoms with Gasteiger partial charge in [0.05, 0.1) is 6.26 Å². The first kappa shape index (κ1) is 22.0. The molecule has 2 heterocycles. The second-order valence-corrected chi connectivity index (χ2v) is 6.00. The van der Waals surface area contributed by atoms with E-state index in [0.29, 0.717) is 19.4 Å². The number of fused-ring (bicyclic) bond motifs is 1. The zero-order valence-electron chi connectivity index (χ0n) is 14.5. The average molecular weight is 396 g/mol. The first-order valence-electron chi connectivity index (χ1n) is 8.05. The third kappa shape index (κ3) is 5.21. The standard InChI is InChI=1S/C19H21N3O2.2ClH/c1-14(20)10-16-12-18(11-15-6-9-24-19(15)16)22(13-23)8-5-17-4-2-3-7-21-17;;/h2-4,6-7,9,11-14H,5,8,10,20H2,1H3;2*1H. The number of furan rings is 1. The Morgan fingerprint density at radius 2 is 2.08 bits per heavy atom. The number of carbonyl (C=O) groups excluding carboxylic acids is 1. The number of nitrogens with zero attached hydrogens (tertiary/aromatic N) is 2. The summed E-state index contributed by atoms with van der Waals surface area (Å²) in [5.74, 6) is 0. The third-order valence-corrected chi connectivity index (χ3v) is 3.95. The number of pyridine rings is 1. The Balaban J connectivity index is 0.00000169. The fourth-order valence-electron chi connectivity index (χ4n) is 2.83. The van der Waals surface area contributed by atoms with Gasteiger partial charge in [0.25, 0.3) is 0 Å². The summed E-state index contributed by atoms with van der Waals surface area (Å²) < 4.78 is 5.58. The molecule has 1 atom stereocenters. The van der Waals surface area contributed by atoms with Crippen molar-refractivity contribution in [2.45, 2.75) is 25.8 Å². The maximum absolute atomic E-state index is 11.6. The molecule has 0 aliphatic carbocycles. The molecule has 0 saturated carbocycles. The Bertz CT molecular complexity index is 822. The lowest BCUT2D eigenvalue weighted by Crippen LogP contribution is -2.24. The van der Waals surface area contributed by atoms with Crippen LogP contribution in [0.2, 0.25) is 0 Å². The second kappa shape index (κ2) is 10.2. The first-order chi connectivity index (χ1) is 11.7. The molecule has 2 aromatic heterocycles. The Labute approximate surface area is 165 Å². The summed E-state index contributed by atoms with van der Waals surface area (Å²) in [6.07, 6.45) is 5.69. The van der Waals surface area contributed by atoms with Crippen molar-refractivity contribution in [2.24, 2.45) is 5.73 Å². The third-order valence-electron chi connectivity index (χ3n) is 3.95. The van der Waals surface area contributed by atoms with Crippen LogP contribution in [0.3, 0.4) is 0 Å². The van der Waals surface area contributed by atoms with Crippen LogP contribution in [-0.4, -0.2) is 24.0 Å². The molecule has 1 unspecified atom stereocenters. The van der Waals surface area contributed by atoms with Crippen LogP contribution in [0.15, 0.2) is 53.3 Å². The summed E-state index contributed by atoms with van der Waals surface area (Å²) in [6, 6.07) is 11.7. The van der Waals surface area contributed by atoms with Crippen LogP contribution in [0.25, 0.3) is 11.0 Å². The minimum absolute atomic E-state index is 0. The maximum atomic E-state index is 11.6. The van der Waals surface area contributed by atoms with E-state index in [1.807, 2.05) is 43.3 Å². The molecule has 5 nitrogen and oxygen atoms in total. The van der Waals surface area contributed by atoms with Gasteiger partial charge in [-0.05, 0) is 49.2 Å².